The number of carbonyl (C=O) groups is 1. The summed E-state index contributed by atoms with van der Waals surface area (Å²) in [6.45, 7) is 3.10. The van der Waals surface area contributed by atoms with Crippen LogP contribution in [0.3, 0.4) is 0 Å². The van der Waals surface area contributed by atoms with Crippen molar-refractivity contribution in [1.29, 1.82) is 0 Å². The largest absolute Gasteiger partial charge is 0.478 e. The maximum absolute atomic E-state index is 14.1. The number of para-hydroxylation sites is 1. The number of fused-ring (bicyclic) bond motifs is 1. The van der Waals surface area contributed by atoms with Gasteiger partial charge in [0.1, 0.15) is 5.82 Å². The van der Waals surface area contributed by atoms with E-state index in [1.807, 2.05) is 12.1 Å². The van der Waals surface area contributed by atoms with E-state index in [1.54, 1.807) is 19.1 Å². The molecule has 1 heterocycles. The number of hydrogen-bond acceptors (Lipinski definition) is 3. The third-order valence-corrected chi connectivity index (χ3v) is 6.28. The van der Waals surface area contributed by atoms with E-state index in [0.29, 0.717) is 12.1 Å². The van der Waals surface area contributed by atoms with E-state index in [0.717, 1.165) is 17.7 Å². The Morgan fingerprint density at radius 2 is 1.96 bits per heavy atom. The van der Waals surface area contributed by atoms with Gasteiger partial charge in [0.2, 0.25) is 0 Å². The number of carboxylic acid groups (broad SMARTS) is 1. The van der Waals surface area contributed by atoms with Crippen LogP contribution in [0.25, 0.3) is 0 Å². The Morgan fingerprint density at radius 3 is 2.62 bits per heavy atom. The summed E-state index contributed by atoms with van der Waals surface area (Å²) >= 11 is 0. The SMILES string of the molecule is Cc1c(F)cc(C(=O)O)cc1S(=O)(=O)N1c2ccccc2CC1C. The Labute approximate surface area is 139 Å². The van der Waals surface area contributed by atoms with Gasteiger partial charge < -0.3 is 5.11 Å². The van der Waals surface area contributed by atoms with Crippen molar-refractivity contribution in [2.45, 2.75) is 31.2 Å². The molecule has 24 heavy (non-hydrogen) atoms. The quantitative estimate of drug-likeness (QED) is 0.924. The van der Waals surface area contributed by atoms with Gasteiger partial charge in [-0.05, 0) is 44.0 Å². The van der Waals surface area contributed by atoms with E-state index in [-0.39, 0.29) is 16.5 Å². The van der Waals surface area contributed by atoms with Crippen molar-refractivity contribution in [3.8, 4) is 0 Å². The molecule has 0 spiro atoms. The van der Waals surface area contributed by atoms with E-state index >= 15 is 0 Å². The minimum atomic E-state index is -4.08. The first-order chi connectivity index (χ1) is 11.2. The average molecular weight is 349 g/mol. The summed E-state index contributed by atoms with van der Waals surface area (Å²) in [5.41, 5.74) is 0.958. The van der Waals surface area contributed by atoms with E-state index in [2.05, 4.69) is 0 Å². The number of benzene rings is 2. The molecule has 1 aliphatic rings. The highest BCUT2D eigenvalue weighted by Gasteiger charge is 2.37. The molecule has 7 heteroatoms. The highest BCUT2D eigenvalue weighted by Crippen LogP contribution is 2.37. The molecule has 5 nitrogen and oxygen atoms in total. The Hall–Kier alpha value is -2.41. The number of rotatable bonds is 3. The van der Waals surface area contributed by atoms with Gasteiger partial charge in [-0.2, -0.15) is 0 Å². The summed E-state index contributed by atoms with van der Waals surface area (Å²) in [5, 5.41) is 9.09. The van der Waals surface area contributed by atoms with Crippen molar-refractivity contribution >= 4 is 21.7 Å². The molecule has 0 radical (unpaired) electrons. The van der Waals surface area contributed by atoms with Gasteiger partial charge in [-0.15, -0.1) is 0 Å². The average Bonchev–Trinajstić information content (AvgIpc) is 2.85. The second kappa shape index (κ2) is 5.59. The summed E-state index contributed by atoms with van der Waals surface area (Å²) < 4.78 is 41.6. The van der Waals surface area contributed by atoms with E-state index < -0.39 is 27.4 Å². The zero-order valence-corrected chi connectivity index (χ0v) is 14.0. The lowest BCUT2D eigenvalue weighted by Gasteiger charge is -2.25. The second-order valence-electron chi connectivity index (χ2n) is 5.87. The van der Waals surface area contributed by atoms with E-state index in [1.165, 1.54) is 11.2 Å². The van der Waals surface area contributed by atoms with Crippen LogP contribution in [0.2, 0.25) is 0 Å². The maximum Gasteiger partial charge on any atom is 0.335 e. The molecule has 126 valence electrons. The molecule has 0 aliphatic carbocycles. The highest BCUT2D eigenvalue weighted by atomic mass is 32.2. The van der Waals surface area contributed by atoms with E-state index in [4.69, 9.17) is 5.11 Å². The van der Waals surface area contributed by atoms with Crippen molar-refractivity contribution in [2.24, 2.45) is 0 Å². The first-order valence-electron chi connectivity index (χ1n) is 7.39. The third-order valence-electron chi connectivity index (χ3n) is 4.23. The predicted octanol–water partition coefficient (Wildman–Crippen LogP) is 2.97. The predicted molar refractivity (Wildman–Crippen MR) is 87.4 cm³/mol. The van der Waals surface area contributed by atoms with Gasteiger partial charge in [-0.25, -0.2) is 17.6 Å². The monoisotopic (exact) mass is 349 g/mol. The van der Waals surface area contributed by atoms with Gasteiger partial charge in [0.15, 0.2) is 0 Å². The Morgan fingerprint density at radius 1 is 1.29 bits per heavy atom. The molecule has 0 bridgehead atoms. The summed E-state index contributed by atoms with van der Waals surface area (Å²) in [5.74, 6) is -2.23. The van der Waals surface area contributed by atoms with Crippen LogP contribution in [0.4, 0.5) is 10.1 Å². The van der Waals surface area contributed by atoms with Crippen molar-refractivity contribution in [1.82, 2.24) is 0 Å². The molecular formula is C17H16FNO4S. The highest BCUT2D eigenvalue weighted by molar-refractivity contribution is 7.93. The van der Waals surface area contributed by atoms with Gasteiger partial charge in [-0.1, -0.05) is 18.2 Å². The van der Waals surface area contributed by atoms with Crippen molar-refractivity contribution in [2.75, 3.05) is 4.31 Å². The van der Waals surface area contributed by atoms with Crippen LogP contribution in [0.5, 0.6) is 0 Å². The number of carboxylic acids is 1. The fourth-order valence-corrected chi connectivity index (χ4v) is 5.01. The maximum atomic E-state index is 14.1. The van der Waals surface area contributed by atoms with Gasteiger partial charge in [0.25, 0.3) is 10.0 Å². The van der Waals surface area contributed by atoms with Gasteiger partial charge in [-0.3, -0.25) is 4.31 Å². The van der Waals surface area contributed by atoms with Crippen molar-refractivity contribution in [3.05, 3.63) is 58.9 Å². The lowest BCUT2D eigenvalue weighted by Crippen LogP contribution is -2.36. The fourth-order valence-electron chi connectivity index (χ4n) is 3.05. The number of hydrogen-bond donors (Lipinski definition) is 1. The zero-order valence-electron chi connectivity index (χ0n) is 13.2. The molecule has 2 aromatic rings. The molecule has 1 atom stereocenters. The molecule has 0 aromatic heterocycles. The van der Waals surface area contributed by atoms with Crippen LogP contribution in [0.15, 0.2) is 41.3 Å². The second-order valence-corrected chi connectivity index (χ2v) is 7.65. The van der Waals surface area contributed by atoms with Crippen LogP contribution >= 0.6 is 0 Å². The molecule has 0 saturated heterocycles. The number of nitrogens with zero attached hydrogens (tertiary/aromatic N) is 1. The number of sulfonamides is 1. The molecule has 0 saturated carbocycles. The van der Waals surface area contributed by atoms with Gasteiger partial charge >= 0.3 is 5.97 Å². The Kier molecular flexibility index (Phi) is 3.83. The van der Waals surface area contributed by atoms with Crippen molar-refractivity contribution in [3.63, 3.8) is 0 Å². The van der Waals surface area contributed by atoms with Crippen molar-refractivity contribution < 1.29 is 22.7 Å². The number of anilines is 1. The minimum Gasteiger partial charge on any atom is -0.478 e. The van der Waals surface area contributed by atoms with Crippen LogP contribution in [-0.2, 0) is 16.4 Å². The van der Waals surface area contributed by atoms with Crippen LogP contribution < -0.4 is 4.31 Å². The Balaban J connectivity index is 2.21. The Bertz CT molecular complexity index is 940. The molecule has 0 fully saturated rings. The smallest absolute Gasteiger partial charge is 0.335 e. The molecule has 3 rings (SSSR count). The number of aromatic carboxylic acids is 1. The lowest BCUT2D eigenvalue weighted by atomic mass is 10.1. The van der Waals surface area contributed by atoms with Crippen LogP contribution in [0, 0.1) is 12.7 Å². The first-order valence-corrected chi connectivity index (χ1v) is 8.83. The molecule has 1 unspecified atom stereocenters. The number of halogens is 1. The minimum absolute atomic E-state index is 0.0865. The summed E-state index contributed by atoms with van der Waals surface area (Å²) in [7, 11) is -4.08. The van der Waals surface area contributed by atoms with E-state index in [9.17, 15) is 17.6 Å². The normalized spacial score (nSPS) is 17.0. The van der Waals surface area contributed by atoms with Gasteiger partial charge in [0, 0.05) is 11.6 Å². The summed E-state index contributed by atoms with van der Waals surface area (Å²) in [6, 6.07) is 8.63. The van der Waals surface area contributed by atoms with Gasteiger partial charge in [0.05, 0.1) is 16.1 Å². The fraction of sp³-hybridized carbons (Fsp3) is 0.235. The molecular weight excluding hydrogens is 333 g/mol. The van der Waals surface area contributed by atoms with Crippen LogP contribution in [-0.4, -0.2) is 25.5 Å². The lowest BCUT2D eigenvalue weighted by molar-refractivity contribution is 0.0696. The molecule has 2 aromatic carbocycles. The molecule has 1 N–H and O–H groups in total. The summed E-state index contributed by atoms with van der Waals surface area (Å²) in [4.78, 5) is 10.8. The van der Waals surface area contributed by atoms with Crippen LogP contribution in [0.1, 0.15) is 28.4 Å². The topological polar surface area (TPSA) is 74.7 Å². The third kappa shape index (κ3) is 2.45. The molecule has 1 aliphatic heterocycles. The summed E-state index contributed by atoms with van der Waals surface area (Å²) in [6.07, 6.45) is 0.551. The standard InChI is InChI=1S/C17H16FNO4S/c1-10-7-12-5-3-4-6-15(12)19(10)24(22,23)16-9-13(17(20)21)8-14(18)11(16)2/h3-6,8-10H,7H2,1-2H3,(H,20,21). The zero-order chi connectivity index (χ0) is 17.6. The first kappa shape index (κ1) is 16.4. The molecule has 0 amide bonds.